The Balaban J connectivity index is 0.00000300. The summed E-state index contributed by atoms with van der Waals surface area (Å²) in [6.07, 6.45) is 2.35. The fourth-order valence-electron chi connectivity index (χ4n) is 4.04. The molecule has 150 valence electrons. The minimum Gasteiger partial charge on any atom is -0.543 e. The van der Waals surface area contributed by atoms with Crippen LogP contribution in [0.3, 0.4) is 0 Å². The van der Waals surface area contributed by atoms with Crippen LogP contribution in [0.25, 0.3) is 0 Å². The van der Waals surface area contributed by atoms with Crippen LogP contribution in [0.2, 0.25) is 0 Å². The minimum absolute atomic E-state index is 0. The molecule has 1 aromatic rings. The minimum atomic E-state index is -1.34. The van der Waals surface area contributed by atoms with Crippen molar-refractivity contribution in [2.24, 2.45) is 0 Å². The van der Waals surface area contributed by atoms with E-state index in [1.807, 2.05) is 49.1 Å². The number of hydrogen-bond donors (Lipinski definition) is 1. The third-order valence-electron chi connectivity index (χ3n) is 5.22. The molecule has 2 aliphatic rings. The number of rotatable bonds is 9. The van der Waals surface area contributed by atoms with E-state index < -0.39 is 12.0 Å². The molecule has 2 unspecified atom stereocenters. The van der Waals surface area contributed by atoms with Gasteiger partial charge < -0.3 is 25.0 Å². The largest absolute Gasteiger partial charge is 1.00 e. The van der Waals surface area contributed by atoms with Crippen LogP contribution in [-0.4, -0.2) is 52.8 Å². The number of nitrogens with one attached hydrogen (secondary N) is 1. The van der Waals surface area contributed by atoms with Crippen molar-refractivity contribution in [2.75, 3.05) is 13.1 Å². The van der Waals surface area contributed by atoms with Gasteiger partial charge in [0.05, 0.1) is 24.1 Å². The van der Waals surface area contributed by atoms with Crippen LogP contribution in [0.15, 0.2) is 41.7 Å². The molecule has 0 spiro atoms. The van der Waals surface area contributed by atoms with E-state index in [-0.39, 0.29) is 59.5 Å². The Kier molecular flexibility index (Phi) is 8.31. The molecule has 29 heavy (non-hydrogen) atoms. The Bertz CT molecular complexity index is 790. The predicted octanol–water partition coefficient (Wildman–Crippen LogP) is -2.58. The summed E-state index contributed by atoms with van der Waals surface area (Å²) >= 11 is 0. The van der Waals surface area contributed by atoms with Crippen LogP contribution in [0, 0.1) is 0 Å². The first kappa shape index (κ1) is 23.4. The van der Waals surface area contributed by atoms with E-state index in [2.05, 4.69) is 5.32 Å². The topological polar surface area (TPSA) is 92.8 Å². The molecule has 2 amide bonds. The van der Waals surface area contributed by atoms with Crippen molar-refractivity contribution < 1.29 is 49.0 Å². The second-order valence-corrected chi connectivity index (χ2v) is 7.26. The number of carbonyl (C=O) groups is 3. The van der Waals surface area contributed by atoms with Crippen molar-refractivity contribution >= 4 is 17.8 Å². The van der Waals surface area contributed by atoms with E-state index in [9.17, 15) is 19.5 Å². The van der Waals surface area contributed by atoms with Crippen LogP contribution in [-0.2, 0) is 20.8 Å². The first-order chi connectivity index (χ1) is 13.5. The predicted molar refractivity (Wildman–Crippen MR) is 102 cm³/mol. The molecule has 0 radical (unpaired) electrons. The summed E-state index contributed by atoms with van der Waals surface area (Å²) in [6, 6.07) is 8.25. The average Bonchev–Trinajstić information content (AvgIpc) is 3.03. The SMILES string of the molecule is CCCN(CCC)C1=C(C(=O)[O-])N2C(=O)C(NC(=O)Cc3ccccc3)C2C1.[Na+]. The number of carbonyl (C=O) groups excluding carboxylic acids is 3. The second-order valence-electron chi connectivity index (χ2n) is 7.26. The average molecular weight is 407 g/mol. The number of carboxylic acid groups (broad SMARTS) is 1. The molecule has 1 aromatic carbocycles. The molecule has 3 rings (SSSR count). The molecular weight excluding hydrogens is 381 g/mol. The van der Waals surface area contributed by atoms with Crippen LogP contribution in [0.1, 0.15) is 38.7 Å². The van der Waals surface area contributed by atoms with Crippen molar-refractivity contribution in [2.45, 2.75) is 51.6 Å². The van der Waals surface area contributed by atoms with Gasteiger partial charge in [0.25, 0.3) is 5.91 Å². The Labute approximate surface area is 193 Å². The van der Waals surface area contributed by atoms with E-state index in [0.29, 0.717) is 12.1 Å². The summed E-state index contributed by atoms with van der Waals surface area (Å²) in [5, 5.41) is 14.5. The molecule has 2 atom stereocenters. The third kappa shape index (κ3) is 4.85. The van der Waals surface area contributed by atoms with Crippen LogP contribution >= 0.6 is 0 Å². The number of nitrogens with zero attached hydrogens (tertiary/aromatic N) is 2. The van der Waals surface area contributed by atoms with Crippen LogP contribution in [0.4, 0.5) is 0 Å². The zero-order valence-corrected chi connectivity index (χ0v) is 19.3. The summed E-state index contributed by atoms with van der Waals surface area (Å²) < 4.78 is 0. The van der Waals surface area contributed by atoms with E-state index in [4.69, 9.17) is 0 Å². The molecule has 2 aliphatic heterocycles. The maximum Gasteiger partial charge on any atom is 1.00 e. The number of amides is 2. The van der Waals surface area contributed by atoms with E-state index in [0.717, 1.165) is 31.5 Å². The molecule has 0 aromatic heterocycles. The number of hydrogen-bond acceptors (Lipinski definition) is 5. The Morgan fingerprint density at radius 3 is 2.34 bits per heavy atom. The van der Waals surface area contributed by atoms with Crippen molar-refractivity contribution in [3.63, 3.8) is 0 Å². The maximum atomic E-state index is 12.6. The summed E-state index contributed by atoms with van der Waals surface area (Å²) in [7, 11) is 0. The van der Waals surface area contributed by atoms with Gasteiger partial charge in [0.15, 0.2) is 0 Å². The Hall–Kier alpha value is -1.83. The van der Waals surface area contributed by atoms with Gasteiger partial charge in [-0.3, -0.25) is 9.59 Å². The summed E-state index contributed by atoms with van der Waals surface area (Å²) in [4.78, 5) is 40.0. The van der Waals surface area contributed by atoms with Gasteiger partial charge in [0.1, 0.15) is 6.04 Å². The standard InChI is InChI=1S/C21H27N3O4.Na/c1-3-10-23(11-4-2)16-13-15-18(20(26)24(15)19(16)21(27)28)22-17(25)12-14-8-6-5-7-9-14;/h5-9,15,18H,3-4,10-13H2,1-2H3,(H,22,25)(H,27,28);/q;+1/p-1. The van der Waals surface area contributed by atoms with Gasteiger partial charge in [-0.25, -0.2) is 0 Å². The van der Waals surface area contributed by atoms with E-state index in [1.54, 1.807) is 0 Å². The van der Waals surface area contributed by atoms with Gasteiger partial charge >= 0.3 is 29.6 Å². The van der Waals surface area contributed by atoms with Crippen LogP contribution < -0.4 is 40.0 Å². The first-order valence-corrected chi connectivity index (χ1v) is 9.83. The number of fused-ring (bicyclic) bond motifs is 1. The zero-order chi connectivity index (χ0) is 20.3. The summed E-state index contributed by atoms with van der Waals surface area (Å²) in [5.74, 6) is -1.96. The van der Waals surface area contributed by atoms with Gasteiger partial charge in [0.2, 0.25) is 5.91 Å². The Morgan fingerprint density at radius 1 is 1.17 bits per heavy atom. The molecule has 1 saturated heterocycles. The molecule has 2 heterocycles. The fraction of sp³-hybridized carbons (Fsp3) is 0.476. The zero-order valence-electron chi connectivity index (χ0n) is 17.3. The summed E-state index contributed by atoms with van der Waals surface area (Å²) in [5.41, 5.74) is 1.47. The van der Waals surface area contributed by atoms with Crippen LogP contribution in [0.5, 0.6) is 0 Å². The van der Waals surface area contributed by atoms with E-state index in [1.165, 1.54) is 4.90 Å². The van der Waals surface area contributed by atoms with Crippen molar-refractivity contribution in [3.05, 3.63) is 47.3 Å². The quantitative estimate of drug-likeness (QED) is 0.359. The number of carboxylic acids is 1. The van der Waals surface area contributed by atoms with Gasteiger partial charge in [0, 0.05) is 25.2 Å². The normalized spacial score (nSPS) is 19.9. The maximum absolute atomic E-state index is 12.6. The number of benzene rings is 1. The first-order valence-electron chi connectivity index (χ1n) is 9.83. The third-order valence-corrected chi connectivity index (χ3v) is 5.22. The monoisotopic (exact) mass is 407 g/mol. The molecule has 1 fully saturated rings. The van der Waals surface area contributed by atoms with Gasteiger partial charge in [-0.15, -0.1) is 0 Å². The fourth-order valence-corrected chi connectivity index (χ4v) is 4.04. The molecule has 7 nitrogen and oxygen atoms in total. The molecule has 0 aliphatic carbocycles. The number of β-lactam (4-membered cyclic amide) rings is 1. The molecule has 0 saturated carbocycles. The van der Waals surface area contributed by atoms with Gasteiger partial charge in [-0.2, -0.15) is 0 Å². The van der Waals surface area contributed by atoms with E-state index >= 15 is 0 Å². The Morgan fingerprint density at radius 2 is 1.79 bits per heavy atom. The smallest absolute Gasteiger partial charge is 0.543 e. The van der Waals surface area contributed by atoms with Gasteiger partial charge in [-0.05, 0) is 18.4 Å². The number of aliphatic carboxylic acids is 1. The molecule has 8 heteroatoms. The van der Waals surface area contributed by atoms with Gasteiger partial charge in [-0.1, -0.05) is 44.2 Å². The molecular formula is C21H26N3NaO4. The summed E-state index contributed by atoms with van der Waals surface area (Å²) in [6.45, 7) is 5.51. The van der Waals surface area contributed by atoms with Crippen molar-refractivity contribution in [3.8, 4) is 0 Å². The van der Waals surface area contributed by atoms with Crippen molar-refractivity contribution in [1.82, 2.24) is 15.1 Å². The molecule has 0 bridgehead atoms. The molecule has 1 N–H and O–H groups in total. The second kappa shape index (κ2) is 10.3. The van der Waals surface area contributed by atoms with Crippen molar-refractivity contribution in [1.29, 1.82) is 0 Å².